The maximum Gasteiger partial charge on any atom is 0.308 e. The van der Waals surface area contributed by atoms with Crippen molar-refractivity contribution >= 4 is 11.9 Å². The van der Waals surface area contributed by atoms with E-state index in [0.29, 0.717) is 112 Å². The van der Waals surface area contributed by atoms with Gasteiger partial charge in [0.1, 0.15) is 12.2 Å². The average molecular weight is 765 g/mol. The summed E-state index contributed by atoms with van der Waals surface area (Å²) in [6, 6.07) is 0. The first-order chi connectivity index (χ1) is 25.8. The van der Waals surface area contributed by atoms with Crippen LogP contribution in [0.1, 0.15) is 137 Å². The summed E-state index contributed by atoms with van der Waals surface area (Å²) in [5.74, 6) is -0.398. The van der Waals surface area contributed by atoms with Gasteiger partial charge < -0.3 is 47.4 Å². The van der Waals surface area contributed by atoms with E-state index in [4.69, 9.17) is 47.4 Å². The van der Waals surface area contributed by atoms with Gasteiger partial charge in [0.25, 0.3) is 0 Å². The van der Waals surface area contributed by atoms with Crippen LogP contribution >= 0.6 is 0 Å². The number of esters is 2. The lowest BCUT2D eigenvalue weighted by Gasteiger charge is -2.19. The second-order valence-electron chi connectivity index (χ2n) is 14.2. The molecule has 0 rings (SSSR count). The van der Waals surface area contributed by atoms with Crippen LogP contribution < -0.4 is 0 Å². The summed E-state index contributed by atoms with van der Waals surface area (Å²) in [7, 11) is 0. The molecule has 0 aromatic carbocycles. The maximum absolute atomic E-state index is 11.9. The zero-order valence-corrected chi connectivity index (χ0v) is 34.4. The van der Waals surface area contributed by atoms with Gasteiger partial charge in [-0.3, -0.25) is 9.59 Å². The van der Waals surface area contributed by atoms with Crippen LogP contribution in [-0.4, -0.2) is 130 Å². The molecule has 0 saturated heterocycles. The fourth-order valence-corrected chi connectivity index (χ4v) is 5.12. The van der Waals surface area contributed by atoms with Gasteiger partial charge in [0.2, 0.25) is 0 Å². The van der Waals surface area contributed by atoms with Crippen molar-refractivity contribution in [3.63, 3.8) is 0 Å². The second-order valence-corrected chi connectivity index (χ2v) is 14.2. The van der Waals surface area contributed by atoms with Crippen molar-refractivity contribution < 1.29 is 57.0 Å². The van der Waals surface area contributed by atoms with Crippen LogP contribution in [0.15, 0.2) is 0 Å². The molecule has 0 aliphatic carbocycles. The van der Waals surface area contributed by atoms with Crippen molar-refractivity contribution in [3.05, 3.63) is 0 Å². The molecule has 0 bridgehead atoms. The third-order valence-corrected chi connectivity index (χ3v) is 7.95. The lowest BCUT2D eigenvalue weighted by Crippen LogP contribution is -2.24. The Morgan fingerprint density at radius 3 is 0.943 bits per heavy atom. The van der Waals surface area contributed by atoms with E-state index in [-0.39, 0.29) is 25.0 Å². The topological polar surface area (TPSA) is 126 Å². The van der Waals surface area contributed by atoms with Crippen LogP contribution in [0, 0.1) is 0 Å². The molecule has 12 heteroatoms. The van der Waals surface area contributed by atoms with Gasteiger partial charge in [0.15, 0.2) is 0 Å². The van der Waals surface area contributed by atoms with Crippen molar-refractivity contribution in [2.45, 2.75) is 142 Å². The van der Waals surface area contributed by atoms with Crippen LogP contribution in [0.5, 0.6) is 0 Å². The fraction of sp³-hybridized carbons (Fsp3) is 0.951. The third-order valence-electron chi connectivity index (χ3n) is 7.95. The van der Waals surface area contributed by atoms with Gasteiger partial charge in [-0.1, -0.05) is 96.8 Å². The van der Waals surface area contributed by atoms with Crippen molar-refractivity contribution in [2.24, 2.45) is 0 Å². The predicted molar refractivity (Wildman–Crippen MR) is 208 cm³/mol. The zero-order valence-electron chi connectivity index (χ0n) is 34.4. The molecule has 0 amide bonds. The second kappa shape index (κ2) is 41.8. The summed E-state index contributed by atoms with van der Waals surface area (Å²) in [4.78, 5) is 23.5. The highest BCUT2D eigenvalue weighted by Crippen LogP contribution is 2.14. The van der Waals surface area contributed by atoms with Crippen LogP contribution in [0.25, 0.3) is 0 Å². The number of carbonyl (C=O) groups is 2. The highest BCUT2D eigenvalue weighted by molar-refractivity contribution is 5.70. The summed E-state index contributed by atoms with van der Waals surface area (Å²) in [5.41, 5.74) is -0.475. The number of hydrogen-bond acceptors (Lipinski definition) is 12. The Hall–Kier alpha value is -1.38. The molecule has 316 valence electrons. The largest absolute Gasteiger partial charge is 0.463 e. The van der Waals surface area contributed by atoms with Crippen molar-refractivity contribution in [2.75, 3.05) is 112 Å². The number of hydrogen-bond donors (Lipinski definition) is 0. The van der Waals surface area contributed by atoms with Crippen LogP contribution in [-0.2, 0) is 57.0 Å². The molecule has 12 nitrogen and oxygen atoms in total. The Balaban J connectivity index is 3.17. The van der Waals surface area contributed by atoms with E-state index in [2.05, 4.69) is 6.92 Å². The van der Waals surface area contributed by atoms with Gasteiger partial charge in [-0.25, -0.2) is 0 Å². The monoisotopic (exact) mass is 765 g/mol. The molecule has 0 heterocycles. The number of ether oxygens (including phenoxy) is 10. The molecule has 0 aromatic rings. The van der Waals surface area contributed by atoms with E-state index in [9.17, 15) is 9.59 Å². The first-order valence-corrected chi connectivity index (χ1v) is 20.8. The SMILES string of the molecule is CCCCCCCCCCCCCCCCCC(=O)OCCOCCOCCOCCOCCOCCOCCOCCOCCC(=O)OC(C)(C)C. The molecule has 0 atom stereocenters. The average Bonchev–Trinajstić information content (AvgIpc) is 3.12. The fourth-order valence-electron chi connectivity index (χ4n) is 5.12. The minimum Gasteiger partial charge on any atom is -0.463 e. The van der Waals surface area contributed by atoms with E-state index in [1.54, 1.807) is 0 Å². The minimum absolute atomic E-state index is 0.133. The first-order valence-electron chi connectivity index (χ1n) is 20.8. The van der Waals surface area contributed by atoms with E-state index >= 15 is 0 Å². The Morgan fingerprint density at radius 1 is 0.340 bits per heavy atom. The summed E-state index contributed by atoms with van der Waals surface area (Å²) >= 11 is 0. The zero-order chi connectivity index (χ0) is 38.8. The lowest BCUT2D eigenvalue weighted by molar-refractivity contribution is -0.156. The van der Waals surface area contributed by atoms with E-state index in [1.807, 2.05) is 20.8 Å². The summed E-state index contributed by atoms with van der Waals surface area (Å²) in [6.07, 6.45) is 20.4. The highest BCUT2D eigenvalue weighted by atomic mass is 16.6. The molecule has 0 fully saturated rings. The smallest absolute Gasteiger partial charge is 0.308 e. The van der Waals surface area contributed by atoms with Crippen molar-refractivity contribution in [1.82, 2.24) is 0 Å². The molecule has 0 radical (unpaired) electrons. The molecule has 0 aromatic heterocycles. The summed E-state index contributed by atoms with van der Waals surface area (Å²) in [5, 5.41) is 0. The van der Waals surface area contributed by atoms with E-state index in [0.717, 1.165) is 12.8 Å². The molecule has 0 N–H and O–H groups in total. The van der Waals surface area contributed by atoms with E-state index < -0.39 is 5.60 Å². The van der Waals surface area contributed by atoms with Gasteiger partial charge in [0, 0.05) is 6.42 Å². The quantitative estimate of drug-likeness (QED) is 0.0447. The molecule has 0 spiro atoms. The van der Waals surface area contributed by atoms with Gasteiger partial charge in [0.05, 0.1) is 112 Å². The van der Waals surface area contributed by atoms with Crippen LogP contribution in [0.3, 0.4) is 0 Å². The Labute approximate surface area is 323 Å². The Bertz CT molecular complexity index is 762. The van der Waals surface area contributed by atoms with Crippen LogP contribution in [0.4, 0.5) is 0 Å². The molecule has 0 aliphatic heterocycles. The third kappa shape index (κ3) is 46.7. The number of carbonyl (C=O) groups excluding carboxylic acids is 2. The van der Waals surface area contributed by atoms with Crippen molar-refractivity contribution in [3.8, 4) is 0 Å². The van der Waals surface area contributed by atoms with E-state index in [1.165, 1.54) is 83.5 Å². The maximum atomic E-state index is 11.9. The molecular formula is C41H80O12. The number of rotatable bonds is 43. The normalized spacial score (nSPS) is 11.7. The van der Waals surface area contributed by atoms with Gasteiger partial charge in [-0.05, 0) is 27.2 Å². The number of unbranched alkanes of at least 4 members (excludes halogenated alkanes) is 14. The Morgan fingerprint density at radius 2 is 0.623 bits per heavy atom. The van der Waals surface area contributed by atoms with Crippen LogP contribution in [0.2, 0.25) is 0 Å². The Kier molecular flexibility index (Phi) is 40.7. The van der Waals surface area contributed by atoms with Gasteiger partial charge >= 0.3 is 11.9 Å². The van der Waals surface area contributed by atoms with Gasteiger partial charge in [-0.2, -0.15) is 0 Å². The lowest BCUT2D eigenvalue weighted by atomic mass is 10.0. The predicted octanol–water partition coefficient (Wildman–Crippen LogP) is 7.66. The molecular weight excluding hydrogens is 684 g/mol. The first kappa shape index (κ1) is 51.6. The summed E-state index contributed by atoms with van der Waals surface area (Å²) in [6.45, 7) is 15.4. The molecule has 0 saturated carbocycles. The standard InChI is InChI=1S/C41H80O12/c1-5-6-7-8-9-10-11-12-13-14-15-16-17-18-19-20-39(42)52-38-37-51-36-35-50-34-33-49-32-31-48-30-29-47-28-27-46-26-25-45-24-23-44-22-21-40(43)53-41(2,3)4/h5-38H2,1-4H3. The van der Waals surface area contributed by atoms with Crippen molar-refractivity contribution in [1.29, 1.82) is 0 Å². The molecule has 0 unspecified atom stereocenters. The minimum atomic E-state index is -0.475. The van der Waals surface area contributed by atoms with Gasteiger partial charge in [-0.15, -0.1) is 0 Å². The molecule has 0 aliphatic rings. The summed E-state index contributed by atoms with van der Waals surface area (Å²) < 4.78 is 54.2. The molecule has 53 heavy (non-hydrogen) atoms. The highest BCUT2D eigenvalue weighted by Gasteiger charge is 2.15.